The Morgan fingerprint density at radius 3 is 1.39 bits per heavy atom. The Labute approximate surface area is 232 Å². The number of rotatable bonds is 11. The van der Waals surface area contributed by atoms with Gasteiger partial charge in [0.2, 0.25) is 11.8 Å². The molecule has 186 valence electrons. The topological polar surface area (TPSA) is 110 Å². The van der Waals surface area contributed by atoms with E-state index in [1.807, 2.05) is 62.4 Å². The molecule has 0 aliphatic rings. The predicted octanol–water partition coefficient (Wildman–Crippen LogP) is 6.27. The standard InChI is InChI=1S/C22H20N6O2S6/c1-13-25-27-21(33-13)31-11-19(29)23-15-3-7-17(8-4-15)35-36-18-9-5-16(6-10-18)24-20(30)12-32-22-28-26-14(2)34-22/h3-10H,11-12H2,1-2H3,(H,23,29)(H,24,30). The van der Waals surface area contributed by atoms with Crippen molar-refractivity contribution in [2.45, 2.75) is 32.3 Å². The van der Waals surface area contributed by atoms with Crippen LogP contribution in [0.25, 0.3) is 0 Å². The van der Waals surface area contributed by atoms with E-state index in [-0.39, 0.29) is 11.8 Å². The molecule has 0 radical (unpaired) electrons. The number of aryl methyl sites for hydroxylation is 2. The van der Waals surface area contributed by atoms with E-state index in [1.54, 1.807) is 21.6 Å². The highest BCUT2D eigenvalue weighted by Crippen LogP contribution is 2.38. The van der Waals surface area contributed by atoms with Crippen molar-refractivity contribution in [3.8, 4) is 0 Å². The molecule has 2 amide bonds. The lowest BCUT2D eigenvalue weighted by Crippen LogP contribution is -2.13. The van der Waals surface area contributed by atoms with Crippen LogP contribution in [0.4, 0.5) is 11.4 Å². The molecule has 0 saturated carbocycles. The number of benzene rings is 2. The van der Waals surface area contributed by atoms with Gasteiger partial charge in [0.1, 0.15) is 10.0 Å². The molecule has 0 unspecified atom stereocenters. The lowest BCUT2D eigenvalue weighted by molar-refractivity contribution is -0.114. The number of nitrogens with one attached hydrogen (secondary N) is 2. The van der Waals surface area contributed by atoms with E-state index in [2.05, 4.69) is 31.0 Å². The Bertz CT molecular complexity index is 1210. The van der Waals surface area contributed by atoms with Crippen molar-refractivity contribution in [2.24, 2.45) is 0 Å². The van der Waals surface area contributed by atoms with E-state index >= 15 is 0 Å². The van der Waals surface area contributed by atoms with Crippen molar-refractivity contribution in [1.29, 1.82) is 0 Å². The van der Waals surface area contributed by atoms with E-state index in [9.17, 15) is 9.59 Å². The highest BCUT2D eigenvalue weighted by molar-refractivity contribution is 8.76. The SMILES string of the molecule is Cc1nnc(SCC(=O)Nc2ccc(SSc3ccc(NC(=O)CSc4nnc(C)s4)cc3)cc2)s1. The van der Waals surface area contributed by atoms with Gasteiger partial charge in [-0.2, -0.15) is 0 Å². The molecule has 0 aliphatic heterocycles. The van der Waals surface area contributed by atoms with Crippen molar-refractivity contribution in [3.63, 3.8) is 0 Å². The van der Waals surface area contributed by atoms with Crippen LogP contribution in [0.15, 0.2) is 67.0 Å². The van der Waals surface area contributed by atoms with E-state index in [1.165, 1.54) is 46.2 Å². The van der Waals surface area contributed by atoms with Gasteiger partial charge in [0.25, 0.3) is 0 Å². The summed E-state index contributed by atoms with van der Waals surface area (Å²) in [5.41, 5.74) is 1.51. The first-order chi connectivity index (χ1) is 17.4. The van der Waals surface area contributed by atoms with Crippen LogP contribution < -0.4 is 10.6 Å². The number of carbonyl (C=O) groups excluding carboxylic acids is 2. The molecule has 4 aromatic rings. The molecular formula is C22H20N6O2S6. The molecule has 0 aliphatic carbocycles. The zero-order valence-corrected chi connectivity index (χ0v) is 24.0. The van der Waals surface area contributed by atoms with Crippen LogP contribution in [0.2, 0.25) is 0 Å². The normalized spacial score (nSPS) is 10.8. The zero-order chi connectivity index (χ0) is 25.3. The lowest BCUT2D eigenvalue weighted by Gasteiger charge is -2.07. The molecule has 36 heavy (non-hydrogen) atoms. The van der Waals surface area contributed by atoms with Gasteiger partial charge in [0, 0.05) is 21.2 Å². The molecule has 0 spiro atoms. The molecule has 0 fully saturated rings. The van der Waals surface area contributed by atoms with Crippen LogP contribution in [0.1, 0.15) is 10.0 Å². The second kappa shape index (κ2) is 13.4. The van der Waals surface area contributed by atoms with Crippen LogP contribution >= 0.6 is 67.8 Å². The summed E-state index contributed by atoms with van der Waals surface area (Å²) in [6.07, 6.45) is 0. The summed E-state index contributed by atoms with van der Waals surface area (Å²) in [6, 6.07) is 15.4. The highest BCUT2D eigenvalue weighted by atomic mass is 33.1. The summed E-state index contributed by atoms with van der Waals surface area (Å²) in [5.74, 6) is 0.422. The molecule has 0 atom stereocenters. The Morgan fingerprint density at radius 2 is 1.06 bits per heavy atom. The number of hydrogen-bond donors (Lipinski definition) is 2. The minimum Gasteiger partial charge on any atom is -0.325 e. The molecule has 0 saturated heterocycles. The van der Waals surface area contributed by atoms with E-state index in [4.69, 9.17) is 0 Å². The number of anilines is 2. The van der Waals surface area contributed by atoms with Gasteiger partial charge in [-0.25, -0.2) is 0 Å². The zero-order valence-electron chi connectivity index (χ0n) is 19.1. The number of thioether (sulfide) groups is 2. The Morgan fingerprint density at radius 1 is 0.667 bits per heavy atom. The molecule has 8 nitrogen and oxygen atoms in total. The van der Waals surface area contributed by atoms with Gasteiger partial charge >= 0.3 is 0 Å². The smallest absolute Gasteiger partial charge is 0.234 e. The lowest BCUT2D eigenvalue weighted by atomic mass is 10.3. The second-order valence-electron chi connectivity index (χ2n) is 7.06. The van der Waals surface area contributed by atoms with Crippen molar-refractivity contribution < 1.29 is 9.59 Å². The number of nitrogens with zero attached hydrogens (tertiary/aromatic N) is 4. The summed E-state index contributed by atoms with van der Waals surface area (Å²) in [5, 5.41) is 23.5. The molecule has 14 heteroatoms. The van der Waals surface area contributed by atoms with Gasteiger partial charge in [-0.1, -0.05) is 67.8 Å². The number of aromatic nitrogens is 4. The fourth-order valence-electron chi connectivity index (χ4n) is 2.61. The first kappa shape index (κ1) is 26.9. The van der Waals surface area contributed by atoms with Crippen LogP contribution in [0.3, 0.4) is 0 Å². The third kappa shape index (κ3) is 8.78. The van der Waals surface area contributed by atoms with Gasteiger partial charge < -0.3 is 10.6 Å². The summed E-state index contributed by atoms with van der Waals surface area (Å²) >= 11 is 5.72. The van der Waals surface area contributed by atoms with E-state index in [0.29, 0.717) is 11.5 Å². The molecule has 2 aromatic carbocycles. The molecular weight excluding hydrogens is 573 g/mol. The van der Waals surface area contributed by atoms with E-state index in [0.717, 1.165) is 39.9 Å². The fraction of sp³-hybridized carbons (Fsp3) is 0.182. The van der Waals surface area contributed by atoms with E-state index < -0.39 is 0 Å². The third-order valence-corrected chi connectivity index (χ3v) is 10.5. The Balaban J connectivity index is 1.17. The summed E-state index contributed by atoms with van der Waals surface area (Å²) in [7, 11) is 3.24. The Hall–Kier alpha value is -2.10. The molecule has 2 heterocycles. The number of hydrogen-bond acceptors (Lipinski definition) is 12. The fourth-order valence-corrected chi connectivity index (χ4v) is 7.77. The predicted molar refractivity (Wildman–Crippen MR) is 153 cm³/mol. The molecule has 0 bridgehead atoms. The third-order valence-electron chi connectivity index (χ3n) is 4.18. The average Bonchev–Trinajstić information content (AvgIpc) is 3.49. The minimum atomic E-state index is -0.0799. The summed E-state index contributed by atoms with van der Waals surface area (Å²) < 4.78 is 1.58. The first-order valence-corrected chi connectivity index (χ1v) is 16.2. The van der Waals surface area contributed by atoms with Crippen molar-refractivity contribution in [1.82, 2.24) is 20.4 Å². The van der Waals surface area contributed by atoms with Crippen LogP contribution in [0, 0.1) is 13.8 Å². The first-order valence-electron chi connectivity index (χ1n) is 10.4. The van der Waals surface area contributed by atoms with Gasteiger partial charge in [-0.05, 0) is 62.4 Å². The van der Waals surface area contributed by atoms with Gasteiger partial charge in [0.15, 0.2) is 8.68 Å². The maximum atomic E-state index is 12.2. The quantitative estimate of drug-likeness (QED) is 0.153. The maximum absolute atomic E-state index is 12.2. The number of amides is 2. The largest absolute Gasteiger partial charge is 0.325 e. The van der Waals surface area contributed by atoms with Gasteiger partial charge in [-0.3, -0.25) is 9.59 Å². The monoisotopic (exact) mass is 592 g/mol. The average molecular weight is 593 g/mol. The van der Waals surface area contributed by atoms with Gasteiger partial charge in [-0.15, -0.1) is 20.4 Å². The highest BCUT2D eigenvalue weighted by Gasteiger charge is 2.09. The van der Waals surface area contributed by atoms with Crippen LogP contribution in [0.5, 0.6) is 0 Å². The van der Waals surface area contributed by atoms with Crippen molar-refractivity contribution in [2.75, 3.05) is 22.1 Å². The second-order valence-corrected chi connectivity index (χ2v) is 14.1. The molecule has 2 N–H and O–H groups in total. The molecule has 2 aromatic heterocycles. The maximum Gasteiger partial charge on any atom is 0.234 e. The summed E-state index contributed by atoms with van der Waals surface area (Å²) in [4.78, 5) is 26.5. The van der Waals surface area contributed by atoms with Gasteiger partial charge in [0.05, 0.1) is 11.5 Å². The van der Waals surface area contributed by atoms with Crippen LogP contribution in [-0.2, 0) is 9.59 Å². The number of carbonyl (C=O) groups is 2. The van der Waals surface area contributed by atoms with Crippen molar-refractivity contribution in [3.05, 3.63) is 58.5 Å². The minimum absolute atomic E-state index is 0.0799. The molecule has 4 rings (SSSR count). The Kier molecular flexibility index (Phi) is 10.1. The van der Waals surface area contributed by atoms with Crippen LogP contribution in [-0.4, -0.2) is 43.7 Å². The van der Waals surface area contributed by atoms with Crippen molar-refractivity contribution >= 4 is 91.0 Å². The summed E-state index contributed by atoms with van der Waals surface area (Å²) in [6.45, 7) is 3.78.